The number of likely N-dealkylation sites (N-methyl/N-ethyl adjacent to an activating group) is 1. The number of anilines is 1. The molecule has 0 saturated heterocycles. The van der Waals surface area contributed by atoms with Crippen LogP contribution >= 0.6 is 11.8 Å². The topological polar surface area (TPSA) is 55.6 Å². The summed E-state index contributed by atoms with van der Waals surface area (Å²) in [7, 11) is 3.42. The summed E-state index contributed by atoms with van der Waals surface area (Å²) in [5, 5.41) is 0. The van der Waals surface area contributed by atoms with Crippen LogP contribution in [0.3, 0.4) is 0 Å². The largest absolute Gasteiger partial charge is 0.496 e. The van der Waals surface area contributed by atoms with Crippen LogP contribution in [0.5, 0.6) is 5.75 Å². The Balaban J connectivity index is 1.94. The number of nitrogens with two attached hydrogens (primary N) is 1. The molecule has 1 atom stereocenters. The lowest BCUT2D eigenvalue weighted by atomic mass is 10.1. The smallest absolute Gasteiger partial charge is 0.248 e. The summed E-state index contributed by atoms with van der Waals surface area (Å²) >= 11 is 1.61. The molecule has 4 nitrogen and oxygen atoms in total. The summed E-state index contributed by atoms with van der Waals surface area (Å²) < 4.78 is 5.36. The fraction of sp³-hybridized carbons (Fsp3) is 0.188. The van der Waals surface area contributed by atoms with Crippen molar-refractivity contribution < 1.29 is 9.53 Å². The Morgan fingerprint density at radius 2 is 2.00 bits per heavy atom. The van der Waals surface area contributed by atoms with Crippen molar-refractivity contribution in [3.63, 3.8) is 0 Å². The quantitative estimate of drug-likeness (QED) is 0.947. The Morgan fingerprint density at radius 3 is 2.76 bits per heavy atom. The van der Waals surface area contributed by atoms with Crippen molar-refractivity contribution in [2.75, 3.05) is 19.1 Å². The lowest BCUT2D eigenvalue weighted by molar-refractivity contribution is -0.118. The van der Waals surface area contributed by atoms with Gasteiger partial charge < -0.3 is 15.4 Å². The number of carbonyl (C=O) groups is 1. The number of para-hydroxylation sites is 1. The highest BCUT2D eigenvalue weighted by molar-refractivity contribution is 7.99. The first kappa shape index (κ1) is 14.0. The van der Waals surface area contributed by atoms with Gasteiger partial charge in [-0.15, -0.1) is 0 Å². The van der Waals surface area contributed by atoms with Crippen molar-refractivity contribution >= 4 is 23.4 Å². The number of benzene rings is 2. The highest BCUT2D eigenvalue weighted by Gasteiger charge is 2.32. The van der Waals surface area contributed by atoms with Gasteiger partial charge in [-0.1, -0.05) is 30.0 Å². The molecule has 108 valence electrons. The van der Waals surface area contributed by atoms with Gasteiger partial charge in [0, 0.05) is 23.2 Å². The van der Waals surface area contributed by atoms with Gasteiger partial charge in [-0.05, 0) is 24.3 Å². The SMILES string of the molecule is COc1ccccc1Sc1ccc2c(c1)N(C)C(=O)C2N. The zero-order valence-electron chi connectivity index (χ0n) is 11.9. The highest BCUT2D eigenvalue weighted by atomic mass is 32.2. The van der Waals surface area contributed by atoms with Gasteiger partial charge in [-0.2, -0.15) is 0 Å². The minimum atomic E-state index is -0.546. The van der Waals surface area contributed by atoms with E-state index in [2.05, 4.69) is 0 Å². The number of rotatable bonds is 3. The molecule has 0 aromatic heterocycles. The van der Waals surface area contributed by atoms with Gasteiger partial charge in [0.25, 0.3) is 0 Å². The maximum atomic E-state index is 11.9. The molecule has 1 heterocycles. The molecule has 0 aliphatic carbocycles. The molecule has 0 bridgehead atoms. The van der Waals surface area contributed by atoms with Crippen LogP contribution in [0.1, 0.15) is 11.6 Å². The number of fused-ring (bicyclic) bond motifs is 1. The average Bonchev–Trinajstić information content (AvgIpc) is 2.72. The van der Waals surface area contributed by atoms with E-state index in [0.717, 1.165) is 26.8 Å². The third kappa shape index (κ3) is 2.39. The summed E-state index contributed by atoms with van der Waals surface area (Å²) in [6.07, 6.45) is 0. The molecule has 2 N–H and O–H groups in total. The van der Waals surface area contributed by atoms with Crippen molar-refractivity contribution in [2.45, 2.75) is 15.8 Å². The summed E-state index contributed by atoms with van der Waals surface area (Å²) in [6.45, 7) is 0. The second kappa shape index (κ2) is 5.42. The van der Waals surface area contributed by atoms with E-state index in [1.165, 1.54) is 0 Å². The summed E-state index contributed by atoms with van der Waals surface area (Å²) in [6, 6.07) is 13.2. The van der Waals surface area contributed by atoms with E-state index in [-0.39, 0.29) is 5.91 Å². The maximum absolute atomic E-state index is 11.9. The highest BCUT2D eigenvalue weighted by Crippen LogP contribution is 2.40. The first-order chi connectivity index (χ1) is 10.1. The van der Waals surface area contributed by atoms with Gasteiger partial charge in [0.2, 0.25) is 5.91 Å². The number of methoxy groups -OCH3 is 1. The number of amides is 1. The fourth-order valence-electron chi connectivity index (χ4n) is 2.43. The van der Waals surface area contributed by atoms with Crippen LogP contribution in [0.4, 0.5) is 5.69 Å². The molecule has 21 heavy (non-hydrogen) atoms. The van der Waals surface area contributed by atoms with Crippen LogP contribution in [0, 0.1) is 0 Å². The lowest BCUT2D eigenvalue weighted by Gasteiger charge is -2.12. The van der Waals surface area contributed by atoms with Crippen LogP contribution in [-0.4, -0.2) is 20.1 Å². The molecular weight excluding hydrogens is 284 g/mol. The van der Waals surface area contributed by atoms with Gasteiger partial charge in [-0.3, -0.25) is 4.79 Å². The molecule has 2 aromatic rings. The molecule has 1 unspecified atom stereocenters. The van der Waals surface area contributed by atoms with Gasteiger partial charge in [-0.25, -0.2) is 0 Å². The second-order valence-electron chi connectivity index (χ2n) is 4.85. The molecule has 0 spiro atoms. The van der Waals surface area contributed by atoms with Crippen molar-refractivity contribution in [1.29, 1.82) is 0 Å². The van der Waals surface area contributed by atoms with Crippen molar-refractivity contribution in [3.8, 4) is 5.75 Å². The van der Waals surface area contributed by atoms with E-state index >= 15 is 0 Å². The number of hydrogen-bond donors (Lipinski definition) is 1. The zero-order valence-corrected chi connectivity index (χ0v) is 12.7. The van der Waals surface area contributed by atoms with E-state index in [1.54, 1.807) is 30.8 Å². The minimum Gasteiger partial charge on any atom is -0.496 e. The molecule has 3 rings (SSSR count). The molecule has 5 heteroatoms. The minimum absolute atomic E-state index is 0.0653. The van der Waals surface area contributed by atoms with Gasteiger partial charge in [0.15, 0.2) is 0 Å². The molecule has 1 amide bonds. The Hall–Kier alpha value is -1.98. The summed E-state index contributed by atoms with van der Waals surface area (Å²) in [4.78, 5) is 15.6. The molecule has 1 aliphatic heterocycles. The van der Waals surface area contributed by atoms with Crippen LogP contribution in [0.15, 0.2) is 52.3 Å². The molecular formula is C16H16N2O2S. The monoisotopic (exact) mass is 300 g/mol. The van der Waals surface area contributed by atoms with Crippen LogP contribution < -0.4 is 15.4 Å². The Morgan fingerprint density at radius 1 is 1.24 bits per heavy atom. The molecule has 2 aromatic carbocycles. The normalized spacial score (nSPS) is 17.0. The molecule has 0 radical (unpaired) electrons. The zero-order chi connectivity index (χ0) is 15.0. The fourth-order valence-corrected chi connectivity index (χ4v) is 3.39. The Bertz CT molecular complexity index is 702. The summed E-state index contributed by atoms with van der Waals surface area (Å²) in [5.74, 6) is 0.772. The van der Waals surface area contributed by atoms with Crippen molar-refractivity contribution in [3.05, 3.63) is 48.0 Å². The van der Waals surface area contributed by atoms with E-state index in [9.17, 15) is 4.79 Å². The first-order valence-electron chi connectivity index (χ1n) is 6.60. The molecule has 1 aliphatic rings. The summed E-state index contributed by atoms with van der Waals surface area (Å²) in [5.41, 5.74) is 7.67. The average molecular weight is 300 g/mol. The maximum Gasteiger partial charge on any atom is 0.248 e. The van der Waals surface area contributed by atoms with Crippen molar-refractivity contribution in [2.24, 2.45) is 5.73 Å². The predicted molar refractivity (Wildman–Crippen MR) is 83.9 cm³/mol. The predicted octanol–water partition coefficient (Wildman–Crippen LogP) is 2.82. The third-order valence-electron chi connectivity index (χ3n) is 3.59. The standard InChI is InChI=1S/C16H16N2O2S/c1-18-12-9-10(7-8-11(12)15(17)16(18)19)21-14-6-4-3-5-13(14)20-2/h3-9,15H,17H2,1-2H3. The number of ether oxygens (including phenoxy) is 1. The first-order valence-corrected chi connectivity index (χ1v) is 7.41. The van der Waals surface area contributed by atoms with Crippen LogP contribution in [-0.2, 0) is 4.79 Å². The van der Waals surface area contributed by atoms with Crippen LogP contribution in [0.2, 0.25) is 0 Å². The molecule has 0 saturated carbocycles. The number of carbonyl (C=O) groups excluding carboxylic acids is 1. The van der Waals surface area contributed by atoms with Gasteiger partial charge in [0.1, 0.15) is 11.8 Å². The van der Waals surface area contributed by atoms with E-state index in [1.807, 2.05) is 42.5 Å². The molecule has 0 fully saturated rings. The second-order valence-corrected chi connectivity index (χ2v) is 5.96. The van der Waals surface area contributed by atoms with Crippen LogP contribution in [0.25, 0.3) is 0 Å². The lowest BCUT2D eigenvalue weighted by Crippen LogP contribution is -2.27. The van der Waals surface area contributed by atoms with E-state index < -0.39 is 6.04 Å². The van der Waals surface area contributed by atoms with Gasteiger partial charge in [0.05, 0.1) is 12.0 Å². The van der Waals surface area contributed by atoms with E-state index in [4.69, 9.17) is 10.5 Å². The van der Waals surface area contributed by atoms with E-state index in [0.29, 0.717) is 0 Å². The van der Waals surface area contributed by atoms with Crippen molar-refractivity contribution in [1.82, 2.24) is 0 Å². The van der Waals surface area contributed by atoms with Gasteiger partial charge >= 0.3 is 0 Å². The number of nitrogens with zero attached hydrogens (tertiary/aromatic N) is 1. The number of hydrogen-bond acceptors (Lipinski definition) is 4. The Labute approximate surface area is 127 Å². The third-order valence-corrected chi connectivity index (χ3v) is 4.64. The Kier molecular flexibility index (Phi) is 3.61.